The van der Waals surface area contributed by atoms with E-state index in [1.165, 1.54) is 0 Å². The molecule has 1 aromatic rings. The van der Waals surface area contributed by atoms with Crippen LogP contribution < -0.4 is 5.32 Å². The molecular weight excluding hydrogens is 260 g/mol. The smallest absolute Gasteiger partial charge is 0.251 e. The van der Waals surface area contributed by atoms with Crippen molar-refractivity contribution in [2.45, 2.75) is 38.3 Å². The minimum atomic E-state index is -0.333. The summed E-state index contributed by atoms with van der Waals surface area (Å²) in [5.74, 6) is 1.11. The molecule has 1 heterocycles. The van der Waals surface area contributed by atoms with Crippen molar-refractivity contribution in [2.75, 3.05) is 12.3 Å². The third kappa shape index (κ3) is 6.07. The molecular formula is C14H22N2O2S. The fraction of sp³-hybridized carbons (Fsp3) is 0.571. The zero-order valence-electron chi connectivity index (χ0n) is 11.7. The highest BCUT2D eigenvalue weighted by Crippen LogP contribution is 2.15. The van der Waals surface area contributed by atoms with Crippen LogP contribution in [0.3, 0.4) is 0 Å². The lowest BCUT2D eigenvalue weighted by atomic mass is 10.0. The maximum absolute atomic E-state index is 12.0. The molecule has 19 heavy (non-hydrogen) atoms. The number of aliphatic hydroxyl groups excluding tert-OH is 1. The Morgan fingerprint density at radius 3 is 2.89 bits per heavy atom. The Labute approximate surface area is 119 Å². The lowest BCUT2D eigenvalue weighted by Gasteiger charge is -2.14. The van der Waals surface area contributed by atoms with Crippen LogP contribution in [0.1, 0.15) is 37.6 Å². The van der Waals surface area contributed by atoms with Gasteiger partial charge in [0, 0.05) is 18.3 Å². The van der Waals surface area contributed by atoms with Gasteiger partial charge in [-0.15, -0.1) is 11.8 Å². The molecule has 1 amide bonds. The number of aliphatic hydroxyl groups is 1. The summed E-state index contributed by atoms with van der Waals surface area (Å²) in [6.45, 7) is 6.40. The first kappa shape index (κ1) is 16.0. The van der Waals surface area contributed by atoms with Crippen LogP contribution in [0.2, 0.25) is 0 Å². The van der Waals surface area contributed by atoms with Crippen LogP contribution in [0.4, 0.5) is 0 Å². The molecule has 1 aromatic heterocycles. The molecule has 0 spiro atoms. The van der Waals surface area contributed by atoms with Crippen molar-refractivity contribution in [3.05, 3.63) is 23.9 Å². The van der Waals surface area contributed by atoms with Gasteiger partial charge in [-0.25, -0.2) is 4.98 Å². The topological polar surface area (TPSA) is 62.2 Å². The molecule has 0 aliphatic heterocycles. The number of thioether (sulfide) groups is 1. The van der Waals surface area contributed by atoms with Crippen LogP contribution in [0.5, 0.6) is 0 Å². The highest BCUT2D eigenvalue weighted by atomic mass is 32.2. The van der Waals surface area contributed by atoms with E-state index in [1.807, 2.05) is 13.0 Å². The summed E-state index contributed by atoms with van der Waals surface area (Å²) in [7, 11) is 0. The summed E-state index contributed by atoms with van der Waals surface area (Å²) in [5, 5.41) is 13.0. The van der Waals surface area contributed by atoms with E-state index in [9.17, 15) is 9.90 Å². The van der Waals surface area contributed by atoms with Gasteiger partial charge < -0.3 is 10.4 Å². The molecule has 4 nitrogen and oxygen atoms in total. The molecule has 0 saturated heterocycles. The first-order valence-corrected chi connectivity index (χ1v) is 7.56. The molecule has 0 radical (unpaired) electrons. The molecule has 2 N–H and O–H groups in total. The Kier molecular flexibility index (Phi) is 6.87. The number of carbonyl (C=O) groups excluding carboxylic acids is 1. The molecule has 0 bridgehead atoms. The summed E-state index contributed by atoms with van der Waals surface area (Å²) < 4.78 is 0. The number of rotatable bonds is 7. The number of nitrogens with zero attached hydrogens (tertiary/aromatic N) is 1. The molecule has 2 atom stereocenters. The molecule has 0 aliphatic carbocycles. The van der Waals surface area contributed by atoms with Gasteiger partial charge in [-0.3, -0.25) is 4.79 Å². The average Bonchev–Trinajstić information content (AvgIpc) is 2.36. The summed E-state index contributed by atoms with van der Waals surface area (Å²) in [6.07, 6.45) is 2.01. The Morgan fingerprint density at radius 2 is 2.26 bits per heavy atom. The lowest BCUT2D eigenvalue weighted by Crippen LogP contribution is -2.29. The quantitative estimate of drug-likeness (QED) is 0.754. The summed E-state index contributed by atoms with van der Waals surface area (Å²) >= 11 is 1.62. The minimum Gasteiger partial charge on any atom is -0.393 e. The lowest BCUT2D eigenvalue weighted by molar-refractivity contribution is 0.0939. The number of amides is 1. The van der Waals surface area contributed by atoms with Crippen LogP contribution >= 0.6 is 11.8 Å². The zero-order valence-corrected chi connectivity index (χ0v) is 12.5. The van der Waals surface area contributed by atoms with Gasteiger partial charge in [0.1, 0.15) is 0 Å². The maximum atomic E-state index is 12.0. The van der Waals surface area contributed by atoms with Crippen LogP contribution in [0.15, 0.2) is 23.4 Å². The van der Waals surface area contributed by atoms with E-state index in [1.54, 1.807) is 30.9 Å². The SMILES string of the molecule is CCSc1cc(C(=O)NCC(C)CC(C)O)ccn1. The van der Waals surface area contributed by atoms with Gasteiger partial charge in [-0.2, -0.15) is 0 Å². The fourth-order valence-corrected chi connectivity index (χ4v) is 2.45. The van der Waals surface area contributed by atoms with Crippen LogP contribution in [-0.4, -0.2) is 34.4 Å². The van der Waals surface area contributed by atoms with Crippen molar-refractivity contribution in [1.29, 1.82) is 0 Å². The van der Waals surface area contributed by atoms with Gasteiger partial charge in [0.25, 0.3) is 5.91 Å². The first-order valence-electron chi connectivity index (χ1n) is 6.58. The highest BCUT2D eigenvalue weighted by molar-refractivity contribution is 7.99. The Bertz CT molecular complexity index is 410. The van der Waals surface area contributed by atoms with Crippen molar-refractivity contribution in [3.8, 4) is 0 Å². The molecule has 106 valence electrons. The molecule has 0 aliphatic rings. The number of hydrogen-bond acceptors (Lipinski definition) is 4. The minimum absolute atomic E-state index is 0.0854. The number of hydrogen-bond donors (Lipinski definition) is 2. The van der Waals surface area contributed by atoms with Crippen LogP contribution in [-0.2, 0) is 0 Å². The predicted molar refractivity (Wildman–Crippen MR) is 78.4 cm³/mol. The van der Waals surface area contributed by atoms with Crippen molar-refractivity contribution < 1.29 is 9.90 Å². The van der Waals surface area contributed by atoms with Crippen molar-refractivity contribution in [1.82, 2.24) is 10.3 Å². The molecule has 0 aromatic carbocycles. The summed E-state index contributed by atoms with van der Waals surface area (Å²) in [4.78, 5) is 16.2. The Balaban J connectivity index is 2.51. The molecule has 5 heteroatoms. The third-order valence-electron chi connectivity index (χ3n) is 2.64. The average molecular weight is 282 g/mol. The van der Waals surface area contributed by atoms with E-state index in [0.717, 1.165) is 10.8 Å². The molecule has 2 unspecified atom stereocenters. The van der Waals surface area contributed by atoms with Crippen molar-refractivity contribution in [3.63, 3.8) is 0 Å². The predicted octanol–water partition coefficient (Wildman–Crippen LogP) is 2.33. The van der Waals surface area contributed by atoms with Crippen LogP contribution in [0.25, 0.3) is 0 Å². The van der Waals surface area contributed by atoms with Crippen LogP contribution in [0, 0.1) is 5.92 Å². The van der Waals surface area contributed by atoms with Gasteiger partial charge in [0.2, 0.25) is 0 Å². The zero-order chi connectivity index (χ0) is 14.3. The number of carbonyl (C=O) groups is 1. The Morgan fingerprint density at radius 1 is 1.53 bits per heavy atom. The van der Waals surface area contributed by atoms with Gasteiger partial charge in [0.05, 0.1) is 11.1 Å². The van der Waals surface area contributed by atoms with E-state index in [0.29, 0.717) is 18.5 Å². The third-order valence-corrected chi connectivity index (χ3v) is 3.45. The number of nitrogens with one attached hydrogen (secondary N) is 1. The van der Waals surface area contributed by atoms with E-state index < -0.39 is 0 Å². The monoisotopic (exact) mass is 282 g/mol. The van der Waals surface area contributed by atoms with E-state index in [2.05, 4.69) is 17.2 Å². The van der Waals surface area contributed by atoms with Gasteiger partial charge in [0.15, 0.2) is 0 Å². The number of aromatic nitrogens is 1. The Hall–Kier alpha value is -1.07. The normalized spacial score (nSPS) is 13.9. The van der Waals surface area contributed by atoms with E-state index >= 15 is 0 Å². The largest absolute Gasteiger partial charge is 0.393 e. The molecule has 0 fully saturated rings. The summed E-state index contributed by atoms with van der Waals surface area (Å²) in [5.41, 5.74) is 0.634. The second kappa shape index (κ2) is 8.17. The molecule has 1 rings (SSSR count). The summed E-state index contributed by atoms with van der Waals surface area (Å²) in [6, 6.07) is 3.53. The van der Waals surface area contributed by atoms with Gasteiger partial charge in [-0.05, 0) is 37.1 Å². The first-order chi connectivity index (χ1) is 9.02. The van der Waals surface area contributed by atoms with Gasteiger partial charge in [-0.1, -0.05) is 13.8 Å². The van der Waals surface area contributed by atoms with Gasteiger partial charge >= 0.3 is 0 Å². The number of pyridine rings is 1. The molecule has 0 saturated carbocycles. The standard InChI is InChI=1S/C14H22N2O2S/c1-4-19-13-8-12(5-6-15-13)14(18)16-9-10(2)7-11(3)17/h5-6,8,10-11,17H,4,7,9H2,1-3H3,(H,16,18). The van der Waals surface area contributed by atoms with Crippen molar-refractivity contribution >= 4 is 17.7 Å². The van der Waals surface area contributed by atoms with Crippen molar-refractivity contribution in [2.24, 2.45) is 5.92 Å². The highest BCUT2D eigenvalue weighted by Gasteiger charge is 2.10. The second-order valence-electron chi connectivity index (χ2n) is 4.72. The van der Waals surface area contributed by atoms with E-state index in [4.69, 9.17) is 0 Å². The maximum Gasteiger partial charge on any atom is 0.251 e. The fourth-order valence-electron chi connectivity index (χ4n) is 1.81. The van der Waals surface area contributed by atoms with E-state index in [-0.39, 0.29) is 17.9 Å². The second-order valence-corrected chi connectivity index (χ2v) is 6.00.